The molecule has 3 aromatic rings. The molecule has 0 saturated carbocycles. The van der Waals surface area contributed by atoms with Crippen LogP contribution in [0.5, 0.6) is 0 Å². The number of carbonyl (C=O) groups excluding carboxylic acids is 1. The molecule has 124 valence electrons. The van der Waals surface area contributed by atoms with Gasteiger partial charge >= 0.3 is 0 Å². The molecule has 1 amide bonds. The molecule has 0 atom stereocenters. The van der Waals surface area contributed by atoms with E-state index in [0.29, 0.717) is 6.42 Å². The Hall–Kier alpha value is -2.72. The van der Waals surface area contributed by atoms with E-state index in [0.717, 1.165) is 26.4 Å². The average Bonchev–Trinajstić information content (AvgIpc) is 2.63. The first kappa shape index (κ1) is 17.1. The van der Waals surface area contributed by atoms with Gasteiger partial charge in [0.05, 0.1) is 12.6 Å². The van der Waals surface area contributed by atoms with Gasteiger partial charge in [0.2, 0.25) is 5.91 Å². The number of rotatable bonds is 5. The van der Waals surface area contributed by atoms with Gasteiger partial charge in [-0.25, -0.2) is 5.43 Å². The van der Waals surface area contributed by atoms with Crippen molar-refractivity contribution in [3.8, 4) is 0 Å². The van der Waals surface area contributed by atoms with Crippen LogP contribution in [-0.2, 0) is 11.2 Å². The van der Waals surface area contributed by atoms with E-state index in [1.165, 1.54) is 0 Å². The number of hydrogen-bond acceptors (Lipinski definition) is 2. The zero-order valence-electron chi connectivity index (χ0n) is 13.5. The molecule has 3 rings (SSSR count). The summed E-state index contributed by atoms with van der Waals surface area (Å²) in [7, 11) is 0. The monoisotopic (exact) mass is 392 g/mol. The van der Waals surface area contributed by atoms with Crippen LogP contribution in [0.3, 0.4) is 0 Å². The Morgan fingerprint density at radius 1 is 0.960 bits per heavy atom. The van der Waals surface area contributed by atoms with Gasteiger partial charge in [-0.15, -0.1) is 0 Å². The van der Waals surface area contributed by atoms with Crippen molar-refractivity contribution in [1.29, 1.82) is 0 Å². The molecule has 0 aliphatic rings. The van der Waals surface area contributed by atoms with Gasteiger partial charge in [-0.05, 0) is 43.9 Å². The molecule has 0 heterocycles. The number of hydrogen-bond donors (Lipinski definition) is 1. The third-order valence-electron chi connectivity index (χ3n) is 3.71. The standard InChI is InChI=1S/C21H17BrN2O/c22-19(13-16-7-2-1-3-8-16)15-23-24-21(25)14-18-11-6-10-17-9-4-5-12-20(17)18/h1-13,15H,14H2,(H,24,25)/b19-13-,23-15+. The molecule has 4 heteroatoms. The van der Waals surface area contributed by atoms with Gasteiger partial charge in [0, 0.05) is 4.48 Å². The zero-order valence-corrected chi connectivity index (χ0v) is 15.1. The Labute approximate surface area is 155 Å². The van der Waals surface area contributed by atoms with Crippen molar-refractivity contribution in [2.75, 3.05) is 0 Å². The summed E-state index contributed by atoms with van der Waals surface area (Å²) < 4.78 is 0.782. The maximum absolute atomic E-state index is 12.1. The maximum Gasteiger partial charge on any atom is 0.244 e. The van der Waals surface area contributed by atoms with Crippen LogP contribution in [0.25, 0.3) is 16.8 Å². The van der Waals surface area contributed by atoms with Crippen molar-refractivity contribution in [2.24, 2.45) is 5.10 Å². The van der Waals surface area contributed by atoms with Crippen molar-refractivity contribution in [1.82, 2.24) is 5.43 Å². The fourth-order valence-electron chi connectivity index (χ4n) is 2.57. The van der Waals surface area contributed by atoms with Crippen LogP contribution >= 0.6 is 15.9 Å². The molecule has 0 fully saturated rings. The lowest BCUT2D eigenvalue weighted by Gasteiger charge is -2.05. The highest BCUT2D eigenvalue weighted by atomic mass is 79.9. The minimum atomic E-state index is -0.146. The average molecular weight is 393 g/mol. The van der Waals surface area contributed by atoms with E-state index < -0.39 is 0 Å². The number of benzene rings is 3. The number of allylic oxidation sites excluding steroid dienone is 1. The number of amides is 1. The van der Waals surface area contributed by atoms with Crippen LogP contribution in [0, 0.1) is 0 Å². The number of fused-ring (bicyclic) bond motifs is 1. The molecule has 3 nitrogen and oxygen atoms in total. The third-order valence-corrected chi connectivity index (χ3v) is 4.15. The van der Waals surface area contributed by atoms with Gasteiger partial charge in [-0.3, -0.25) is 4.79 Å². The SMILES string of the molecule is O=C(Cc1cccc2ccccc12)N/N=C/C(Br)=C/c1ccccc1. The number of carbonyl (C=O) groups is 1. The van der Waals surface area contributed by atoms with E-state index in [4.69, 9.17) is 0 Å². The van der Waals surface area contributed by atoms with Gasteiger partial charge in [-0.1, -0.05) is 72.8 Å². The lowest BCUT2D eigenvalue weighted by Crippen LogP contribution is -2.19. The second-order valence-corrected chi connectivity index (χ2v) is 6.46. The van der Waals surface area contributed by atoms with Crippen molar-refractivity contribution in [3.05, 3.63) is 88.4 Å². The Morgan fingerprint density at radius 3 is 2.52 bits per heavy atom. The van der Waals surface area contributed by atoms with Gasteiger partial charge in [0.1, 0.15) is 0 Å². The predicted octanol–water partition coefficient (Wildman–Crippen LogP) is 4.92. The molecule has 0 aromatic heterocycles. The first-order valence-electron chi connectivity index (χ1n) is 7.93. The quantitative estimate of drug-likeness (QED) is 0.485. The minimum absolute atomic E-state index is 0.146. The highest BCUT2D eigenvalue weighted by Gasteiger charge is 2.05. The fraction of sp³-hybridized carbons (Fsp3) is 0.0476. The van der Waals surface area contributed by atoms with Crippen molar-refractivity contribution < 1.29 is 4.79 Å². The van der Waals surface area contributed by atoms with E-state index in [-0.39, 0.29) is 5.91 Å². The minimum Gasteiger partial charge on any atom is -0.273 e. The zero-order chi connectivity index (χ0) is 17.5. The molecular weight excluding hydrogens is 376 g/mol. The number of nitrogens with zero attached hydrogens (tertiary/aromatic N) is 1. The summed E-state index contributed by atoms with van der Waals surface area (Å²) in [5.74, 6) is -0.146. The van der Waals surface area contributed by atoms with E-state index in [2.05, 4.69) is 26.5 Å². The first-order chi connectivity index (χ1) is 12.2. The first-order valence-corrected chi connectivity index (χ1v) is 8.72. The van der Waals surface area contributed by atoms with Gasteiger partial charge < -0.3 is 0 Å². The van der Waals surface area contributed by atoms with Crippen LogP contribution in [-0.4, -0.2) is 12.1 Å². The van der Waals surface area contributed by atoms with Crippen molar-refractivity contribution in [2.45, 2.75) is 6.42 Å². The van der Waals surface area contributed by atoms with Crippen LogP contribution < -0.4 is 5.43 Å². The molecule has 0 bridgehead atoms. The summed E-state index contributed by atoms with van der Waals surface area (Å²) in [5.41, 5.74) is 4.62. The summed E-state index contributed by atoms with van der Waals surface area (Å²) in [4.78, 5) is 12.1. The highest BCUT2D eigenvalue weighted by molar-refractivity contribution is 9.12. The number of hydrazone groups is 1. The maximum atomic E-state index is 12.1. The Morgan fingerprint density at radius 2 is 1.68 bits per heavy atom. The van der Waals surface area contributed by atoms with Crippen molar-refractivity contribution >= 4 is 44.9 Å². The van der Waals surface area contributed by atoms with E-state index in [1.807, 2.05) is 78.9 Å². The van der Waals surface area contributed by atoms with E-state index >= 15 is 0 Å². The molecular formula is C21H17BrN2O. The Bertz CT molecular complexity index is 928. The number of nitrogens with one attached hydrogen (secondary N) is 1. The Kier molecular flexibility index (Phi) is 5.75. The molecule has 1 N–H and O–H groups in total. The van der Waals surface area contributed by atoms with Crippen molar-refractivity contribution in [3.63, 3.8) is 0 Å². The fourth-order valence-corrected chi connectivity index (χ4v) is 2.94. The summed E-state index contributed by atoms with van der Waals surface area (Å²) in [6.07, 6.45) is 3.80. The summed E-state index contributed by atoms with van der Waals surface area (Å²) in [6.45, 7) is 0. The molecule has 0 aliphatic carbocycles. The van der Waals surface area contributed by atoms with Crippen LogP contribution in [0.1, 0.15) is 11.1 Å². The lowest BCUT2D eigenvalue weighted by atomic mass is 10.0. The summed E-state index contributed by atoms with van der Waals surface area (Å²) in [6, 6.07) is 23.9. The van der Waals surface area contributed by atoms with Gasteiger partial charge in [0.25, 0.3) is 0 Å². The lowest BCUT2D eigenvalue weighted by molar-refractivity contribution is -0.120. The molecule has 3 aromatic carbocycles. The summed E-state index contributed by atoms with van der Waals surface area (Å²) >= 11 is 3.42. The smallest absolute Gasteiger partial charge is 0.244 e. The largest absolute Gasteiger partial charge is 0.273 e. The third kappa shape index (κ3) is 4.88. The summed E-state index contributed by atoms with van der Waals surface area (Å²) in [5, 5.41) is 6.23. The second kappa shape index (κ2) is 8.40. The van der Waals surface area contributed by atoms with Gasteiger partial charge in [-0.2, -0.15) is 5.10 Å². The van der Waals surface area contributed by atoms with Crippen LogP contribution in [0.15, 0.2) is 82.4 Å². The van der Waals surface area contributed by atoms with E-state index in [1.54, 1.807) is 6.21 Å². The molecule has 0 radical (unpaired) electrons. The normalized spacial score (nSPS) is 11.8. The molecule has 25 heavy (non-hydrogen) atoms. The van der Waals surface area contributed by atoms with Crippen LogP contribution in [0.4, 0.5) is 0 Å². The molecule has 0 unspecified atom stereocenters. The Balaban J connectivity index is 1.62. The van der Waals surface area contributed by atoms with E-state index in [9.17, 15) is 4.79 Å². The highest BCUT2D eigenvalue weighted by Crippen LogP contribution is 2.18. The van der Waals surface area contributed by atoms with Crippen LogP contribution in [0.2, 0.25) is 0 Å². The molecule has 0 spiro atoms. The molecule has 0 aliphatic heterocycles. The molecule has 0 saturated heterocycles. The number of halogens is 1. The predicted molar refractivity (Wildman–Crippen MR) is 108 cm³/mol. The topological polar surface area (TPSA) is 41.5 Å². The second-order valence-electron chi connectivity index (χ2n) is 5.55. The van der Waals surface area contributed by atoms with Gasteiger partial charge in [0.15, 0.2) is 0 Å².